The molecule has 1 atom stereocenters. The Morgan fingerprint density at radius 1 is 0.938 bits per heavy atom. The Bertz CT molecular complexity index is 303. The summed E-state index contributed by atoms with van der Waals surface area (Å²) in [5, 5.41) is 4.16. The zero-order chi connectivity index (χ0) is 12.1. The lowest BCUT2D eigenvalue weighted by atomic mass is 10.1. The maximum atomic E-state index is 3.51. The topological polar surface area (TPSA) is 12.0 Å². The van der Waals surface area contributed by atoms with Gasteiger partial charge in [0.15, 0.2) is 0 Å². The molecule has 1 rings (SSSR count). The van der Waals surface area contributed by atoms with Gasteiger partial charge in [0.25, 0.3) is 0 Å². The zero-order valence-corrected chi connectivity index (χ0v) is 11.8. The lowest BCUT2D eigenvalue weighted by Crippen LogP contribution is -2.25. The van der Waals surface area contributed by atoms with Crippen molar-refractivity contribution in [1.82, 2.24) is 5.32 Å². The van der Waals surface area contributed by atoms with Crippen LogP contribution in [0.4, 0.5) is 0 Å². The minimum atomic E-state index is 0.429. The van der Waals surface area contributed by atoms with Gasteiger partial charge < -0.3 is 5.32 Å². The van der Waals surface area contributed by atoms with Crippen molar-refractivity contribution in [2.75, 3.05) is 0 Å². The molecule has 1 aromatic carbocycles. The molecule has 0 aliphatic carbocycles. The van der Waals surface area contributed by atoms with E-state index in [1.807, 2.05) is 11.8 Å². The molecule has 1 aromatic rings. The van der Waals surface area contributed by atoms with Gasteiger partial charge in [-0.2, -0.15) is 0 Å². The average Bonchev–Trinajstić information content (AvgIpc) is 2.16. The van der Waals surface area contributed by atoms with Crippen LogP contribution in [0.1, 0.15) is 46.2 Å². The second-order valence-electron chi connectivity index (χ2n) is 4.78. The second kappa shape index (κ2) is 6.31. The van der Waals surface area contributed by atoms with E-state index in [0.29, 0.717) is 17.3 Å². The average molecular weight is 237 g/mol. The molecular weight excluding hydrogens is 214 g/mol. The first-order chi connectivity index (χ1) is 7.49. The van der Waals surface area contributed by atoms with Gasteiger partial charge >= 0.3 is 0 Å². The van der Waals surface area contributed by atoms with Crippen LogP contribution >= 0.6 is 11.8 Å². The minimum Gasteiger partial charge on any atom is -0.308 e. The fourth-order valence-electron chi connectivity index (χ4n) is 1.70. The summed E-state index contributed by atoms with van der Waals surface area (Å²) in [6.07, 6.45) is 0. The van der Waals surface area contributed by atoms with Crippen LogP contribution in [-0.2, 0) is 0 Å². The zero-order valence-electron chi connectivity index (χ0n) is 10.9. The van der Waals surface area contributed by atoms with Crippen molar-refractivity contribution in [3.63, 3.8) is 0 Å². The predicted octanol–water partition coefficient (Wildman–Crippen LogP) is 4.25. The summed E-state index contributed by atoms with van der Waals surface area (Å²) in [7, 11) is 0. The van der Waals surface area contributed by atoms with Crippen LogP contribution in [0.2, 0.25) is 0 Å². The summed E-state index contributed by atoms with van der Waals surface area (Å²) in [5.74, 6) is 0. The van der Waals surface area contributed by atoms with Gasteiger partial charge in [0.2, 0.25) is 0 Å². The normalized spacial score (nSPS) is 13.4. The van der Waals surface area contributed by atoms with Crippen LogP contribution in [0.5, 0.6) is 0 Å². The summed E-state index contributed by atoms with van der Waals surface area (Å²) in [6, 6.07) is 9.85. The standard InChI is InChI=1S/C14H23NS/c1-10(2)15-12(5)13-6-8-14(9-7-13)16-11(3)4/h6-12,15H,1-5H3. The highest BCUT2D eigenvalue weighted by atomic mass is 32.2. The Labute approximate surface area is 104 Å². The SMILES string of the molecule is CC(C)NC(C)c1ccc(SC(C)C)cc1. The van der Waals surface area contributed by atoms with Gasteiger partial charge in [-0.15, -0.1) is 11.8 Å². The largest absolute Gasteiger partial charge is 0.308 e. The molecule has 0 bridgehead atoms. The number of benzene rings is 1. The molecule has 2 heteroatoms. The maximum absolute atomic E-state index is 3.51. The summed E-state index contributed by atoms with van der Waals surface area (Å²) < 4.78 is 0. The molecule has 0 saturated carbocycles. The predicted molar refractivity (Wildman–Crippen MR) is 74.1 cm³/mol. The minimum absolute atomic E-state index is 0.429. The Morgan fingerprint density at radius 3 is 1.94 bits per heavy atom. The quantitative estimate of drug-likeness (QED) is 0.769. The summed E-state index contributed by atoms with van der Waals surface area (Å²) in [4.78, 5) is 1.36. The first-order valence-corrected chi connectivity index (χ1v) is 6.89. The third-order valence-corrected chi connectivity index (χ3v) is 3.35. The van der Waals surface area contributed by atoms with Crippen molar-refractivity contribution in [2.45, 2.75) is 56.8 Å². The number of hydrogen-bond donors (Lipinski definition) is 1. The highest BCUT2D eigenvalue weighted by molar-refractivity contribution is 7.99. The molecule has 0 amide bonds. The van der Waals surface area contributed by atoms with Crippen LogP contribution < -0.4 is 5.32 Å². The number of nitrogens with one attached hydrogen (secondary N) is 1. The van der Waals surface area contributed by atoms with Crippen molar-refractivity contribution in [3.05, 3.63) is 29.8 Å². The molecule has 16 heavy (non-hydrogen) atoms. The molecule has 1 unspecified atom stereocenters. The first kappa shape index (κ1) is 13.6. The third kappa shape index (κ3) is 4.58. The van der Waals surface area contributed by atoms with Crippen molar-refractivity contribution in [3.8, 4) is 0 Å². The van der Waals surface area contributed by atoms with Gasteiger partial charge in [-0.05, 0) is 24.6 Å². The Hall–Kier alpha value is -0.470. The van der Waals surface area contributed by atoms with E-state index in [4.69, 9.17) is 0 Å². The molecule has 0 heterocycles. The first-order valence-electron chi connectivity index (χ1n) is 6.01. The van der Waals surface area contributed by atoms with Crippen molar-refractivity contribution in [1.29, 1.82) is 0 Å². The number of rotatable bonds is 5. The van der Waals surface area contributed by atoms with Crippen LogP contribution in [0, 0.1) is 0 Å². The molecule has 0 radical (unpaired) electrons. The van der Waals surface area contributed by atoms with Gasteiger partial charge in [0.1, 0.15) is 0 Å². The summed E-state index contributed by atoms with van der Waals surface area (Å²) in [6.45, 7) is 11.0. The Kier molecular flexibility index (Phi) is 5.36. The van der Waals surface area contributed by atoms with Crippen LogP contribution in [0.25, 0.3) is 0 Å². The molecule has 0 spiro atoms. The van der Waals surface area contributed by atoms with Crippen LogP contribution in [0.3, 0.4) is 0 Å². The van der Waals surface area contributed by atoms with Crippen molar-refractivity contribution >= 4 is 11.8 Å². The molecule has 0 fully saturated rings. The monoisotopic (exact) mass is 237 g/mol. The van der Waals surface area contributed by atoms with Crippen LogP contribution in [-0.4, -0.2) is 11.3 Å². The summed E-state index contributed by atoms with van der Waals surface area (Å²) in [5.41, 5.74) is 1.36. The Balaban J connectivity index is 2.63. The highest BCUT2D eigenvalue weighted by Gasteiger charge is 2.06. The van der Waals surface area contributed by atoms with Gasteiger partial charge in [0, 0.05) is 22.2 Å². The van der Waals surface area contributed by atoms with Crippen molar-refractivity contribution < 1.29 is 0 Å². The van der Waals surface area contributed by atoms with E-state index in [9.17, 15) is 0 Å². The number of hydrogen-bond acceptors (Lipinski definition) is 2. The van der Waals surface area contributed by atoms with E-state index in [1.165, 1.54) is 10.5 Å². The lowest BCUT2D eigenvalue weighted by molar-refractivity contribution is 0.506. The van der Waals surface area contributed by atoms with Gasteiger partial charge in [-0.1, -0.05) is 39.8 Å². The molecule has 0 aliphatic rings. The van der Waals surface area contributed by atoms with E-state index in [-0.39, 0.29) is 0 Å². The number of thioether (sulfide) groups is 1. The van der Waals surface area contributed by atoms with E-state index in [1.54, 1.807) is 0 Å². The molecule has 0 aliphatic heterocycles. The van der Waals surface area contributed by atoms with Crippen LogP contribution in [0.15, 0.2) is 29.2 Å². The second-order valence-corrected chi connectivity index (χ2v) is 6.43. The molecule has 90 valence electrons. The van der Waals surface area contributed by atoms with E-state index in [0.717, 1.165) is 0 Å². The molecular formula is C14H23NS. The van der Waals surface area contributed by atoms with E-state index < -0.39 is 0 Å². The Morgan fingerprint density at radius 2 is 1.50 bits per heavy atom. The van der Waals surface area contributed by atoms with Crippen molar-refractivity contribution in [2.24, 2.45) is 0 Å². The maximum Gasteiger partial charge on any atom is 0.0294 e. The van der Waals surface area contributed by atoms with E-state index in [2.05, 4.69) is 64.2 Å². The molecule has 1 nitrogen and oxygen atoms in total. The molecule has 1 N–H and O–H groups in total. The summed E-state index contributed by atoms with van der Waals surface area (Å²) >= 11 is 1.91. The fraction of sp³-hybridized carbons (Fsp3) is 0.571. The smallest absolute Gasteiger partial charge is 0.0294 e. The fourth-order valence-corrected chi connectivity index (χ4v) is 2.54. The van der Waals surface area contributed by atoms with Gasteiger partial charge in [-0.3, -0.25) is 0 Å². The van der Waals surface area contributed by atoms with Gasteiger partial charge in [0.05, 0.1) is 0 Å². The highest BCUT2D eigenvalue weighted by Crippen LogP contribution is 2.24. The lowest BCUT2D eigenvalue weighted by Gasteiger charge is -2.17. The van der Waals surface area contributed by atoms with Gasteiger partial charge in [-0.25, -0.2) is 0 Å². The third-order valence-electron chi connectivity index (χ3n) is 2.34. The molecule has 0 aromatic heterocycles. The molecule has 0 saturated heterocycles. The van der Waals surface area contributed by atoms with E-state index >= 15 is 0 Å².